The Kier molecular flexibility index (Phi) is 4.55. The van der Waals surface area contributed by atoms with E-state index in [1.165, 1.54) is 0 Å². The maximum absolute atomic E-state index is 12.3. The van der Waals surface area contributed by atoms with Crippen molar-refractivity contribution in [2.24, 2.45) is 0 Å². The Labute approximate surface area is 141 Å². The average Bonchev–Trinajstić information content (AvgIpc) is 2.57. The predicted octanol–water partition coefficient (Wildman–Crippen LogP) is 3.37. The molecule has 124 valence electrons. The van der Waals surface area contributed by atoms with Crippen molar-refractivity contribution in [2.75, 3.05) is 6.54 Å². The lowest BCUT2D eigenvalue weighted by Gasteiger charge is -2.10. The van der Waals surface area contributed by atoms with E-state index in [2.05, 4.69) is 4.72 Å². The van der Waals surface area contributed by atoms with E-state index in [0.29, 0.717) is 13.0 Å². The van der Waals surface area contributed by atoms with Gasteiger partial charge in [0, 0.05) is 11.9 Å². The molecule has 2 N–H and O–H groups in total. The van der Waals surface area contributed by atoms with Crippen molar-refractivity contribution in [1.29, 1.82) is 0 Å². The fourth-order valence-electron chi connectivity index (χ4n) is 2.68. The van der Waals surface area contributed by atoms with Crippen LogP contribution in [0.2, 0.25) is 0 Å². The van der Waals surface area contributed by atoms with E-state index in [1.807, 2.05) is 37.3 Å². The molecular formula is C19H19NO3S. The van der Waals surface area contributed by atoms with Gasteiger partial charge in [-0.1, -0.05) is 48.0 Å². The third kappa shape index (κ3) is 3.42. The van der Waals surface area contributed by atoms with Crippen molar-refractivity contribution < 1.29 is 13.5 Å². The second kappa shape index (κ2) is 6.63. The lowest BCUT2D eigenvalue weighted by atomic mass is 10.0. The van der Waals surface area contributed by atoms with Gasteiger partial charge in [0.25, 0.3) is 0 Å². The van der Waals surface area contributed by atoms with Crippen molar-refractivity contribution in [3.63, 3.8) is 0 Å². The summed E-state index contributed by atoms with van der Waals surface area (Å²) in [5.41, 5.74) is 2.01. The average molecular weight is 341 g/mol. The van der Waals surface area contributed by atoms with Crippen LogP contribution in [0.4, 0.5) is 0 Å². The number of hydrogen-bond acceptors (Lipinski definition) is 3. The third-order valence-corrected chi connectivity index (χ3v) is 5.49. The topological polar surface area (TPSA) is 66.4 Å². The zero-order chi connectivity index (χ0) is 17.2. The van der Waals surface area contributed by atoms with Gasteiger partial charge in [0.1, 0.15) is 5.75 Å². The minimum Gasteiger partial charge on any atom is -0.507 e. The molecule has 0 aliphatic rings. The Morgan fingerprint density at radius 2 is 1.58 bits per heavy atom. The van der Waals surface area contributed by atoms with Crippen LogP contribution in [-0.4, -0.2) is 20.1 Å². The standard InChI is InChI=1S/C19H19NO3S/c1-14-6-9-16(10-7-14)24(22,23)20-13-12-15-8-11-19(21)18-5-3-2-4-17(15)18/h2-11,20-21H,12-13H2,1H3. The van der Waals surface area contributed by atoms with Crippen molar-refractivity contribution in [3.8, 4) is 5.75 Å². The number of benzene rings is 3. The molecule has 0 spiro atoms. The third-order valence-electron chi connectivity index (χ3n) is 4.01. The number of nitrogens with one attached hydrogen (secondary N) is 1. The zero-order valence-corrected chi connectivity index (χ0v) is 14.2. The molecular weight excluding hydrogens is 322 g/mol. The summed E-state index contributed by atoms with van der Waals surface area (Å²) in [5, 5.41) is 11.6. The number of rotatable bonds is 5. The predicted molar refractivity (Wildman–Crippen MR) is 95.7 cm³/mol. The molecule has 0 aliphatic carbocycles. The number of hydrogen-bond donors (Lipinski definition) is 2. The van der Waals surface area contributed by atoms with Gasteiger partial charge in [-0.15, -0.1) is 0 Å². The van der Waals surface area contributed by atoms with Crippen LogP contribution in [0.3, 0.4) is 0 Å². The first-order chi connectivity index (χ1) is 11.5. The van der Waals surface area contributed by atoms with Gasteiger partial charge >= 0.3 is 0 Å². The fraction of sp³-hybridized carbons (Fsp3) is 0.158. The van der Waals surface area contributed by atoms with Gasteiger partial charge in [-0.2, -0.15) is 0 Å². The molecule has 0 saturated heterocycles. The lowest BCUT2D eigenvalue weighted by Crippen LogP contribution is -2.26. The van der Waals surface area contributed by atoms with Gasteiger partial charge in [0.15, 0.2) is 0 Å². The molecule has 0 unspecified atom stereocenters. The molecule has 0 radical (unpaired) electrons. The van der Waals surface area contributed by atoms with Crippen molar-refractivity contribution in [1.82, 2.24) is 4.72 Å². The molecule has 0 aromatic heterocycles. The van der Waals surface area contributed by atoms with Crippen LogP contribution >= 0.6 is 0 Å². The number of aromatic hydroxyl groups is 1. The normalized spacial score (nSPS) is 11.7. The first-order valence-corrected chi connectivity index (χ1v) is 9.21. The van der Waals surface area contributed by atoms with E-state index in [9.17, 15) is 13.5 Å². The molecule has 0 aliphatic heterocycles. The molecule has 4 nitrogen and oxygen atoms in total. The molecule has 3 rings (SSSR count). The molecule has 0 heterocycles. The molecule has 0 atom stereocenters. The lowest BCUT2D eigenvalue weighted by molar-refractivity contribution is 0.481. The Morgan fingerprint density at radius 3 is 2.29 bits per heavy atom. The maximum atomic E-state index is 12.3. The summed E-state index contributed by atoms with van der Waals surface area (Å²) < 4.78 is 27.2. The number of phenols is 1. The van der Waals surface area contributed by atoms with Crippen LogP contribution in [0.15, 0.2) is 65.6 Å². The van der Waals surface area contributed by atoms with Gasteiger partial charge in [-0.05, 0) is 42.5 Å². The van der Waals surface area contributed by atoms with Gasteiger partial charge in [0.05, 0.1) is 4.90 Å². The highest BCUT2D eigenvalue weighted by Gasteiger charge is 2.13. The Bertz CT molecular complexity index is 964. The second-order valence-electron chi connectivity index (χ2n) is 5.75. The molecule has 0 amide bonds. The number of sulfonamides is 1. The molecule has 3 aromatic carbocycles. The van der Waals surface area contributed by atoms with Crippen LogP contribution in [0, 0.1) is 6.92 Å². The molecule has 0 fully saturated rings. The maximum Gasteiger partial charge on any atom is 0.240 e. The fourth-order valence-corrected chi connectivity index (χ4v) is 3.72. The Morgan fingerprint density at radius 1 is 0.917 bits per heavy atom. The van der Waals surface area contributed by atoms with E-state index in [1.54, 1.807) is 30.3 Å². The van der Waals surface area contributed by atoms with Crippen molar-refractivity contribution >= 4 is 20.8 Å². The van der Waals surface area contributed by atoms with E-state index in [4.69, 9.17) is 0 Å². The van der Waals surface area contributed by atoms with Crippen LogP contribution < -0.4 is 4.72 Å². The highest BCUT2D eigenvalue weighted by atomic mass is 32.2. The minimum absolute atomic E-state index is 0.231. The highest BCUT2D eigenvalue weighted by Crippen LogP contribution is 2.27. The van der Waals surface area contributed by atoms with Gasteiger partial charge in [0.2, 0.25) is 10.0 Å². The van der Waals surface area contributed by atoms with Crippen molar-refractivity contribution in [3.05, 3.63) is 71.8 Å². The summed E-state index contributed by atoms with van der Waals surface area (Å²) in [5.74, 6) is 0.231. The first kappa shape index (κ1) is 16.5. The monoisotopic (exact) mass is 341 g/mol. The first-order valence-electron chi connectivity index (χ1n) is 7.73. The van der Waals surface area contributed by atoms with E-state index < -0.39 is 10.0 Å². The van der Waals surface area contributed by atoms with Crippen molar-refractivity contribution in [2.45, 2.75) is 18.2 Å². The summed E-state index contributed by atoms with van der Waals surface area (Å²) in [6, 6.07) is 17.8. The molecule has 0 saturated carbocycles. The van der Waals surface area contributed by atoms with Crippen LogP contribution in [0.1, 0.15) is 11.1 Å². The largest absolute Gasteiger partial charge is 0.507 e. The molecule has 0 bridgehead atoms. The quantitative estimate of drug-likeness (QED) is 0.748. The van der Waals surface area contributed by atoms with E-state index in [-0.39, 0.29) is 10.6 Å². The molecule has 24 heavy (non-hydrogen) atoms. The second-order valence-corrected chi connectivity index (χ2v) is 7.52. The zero-order valence-electron chi connectivity index (χ0n) is 13.4. The summed E-state index contributed by atoms with van der Waals surface area (Å²) in [6.45, 7) is 2.21. The summed E-state index contributed by atoms with van der Waals surface area (Å²) >= 11 is 0. The number of fused-ring (bicyclic) bond motifs is 1. The highest BCUT2D eigenvalue weighted by molar-refractivity contribution is 7.89. The molecule has 5 heteroatoms. The van der Waals surface area contributed by atoms with Crippen LogP contribution in [0.25, 0.3) is 10.8 Å². The number of aryl methyl sites for hydroxylation is 1. The van der Waals surface area contributed by atoms with Gasteiger partial charge < -0.3 is 5.11 Å². The van der Waals surface area contributed by atoms with E-state index in [0.717, 1.165) is 21.9 Å². The summed E-state index contributed by atoms with van der Waals surface area (Å²) in [7, 11) is -3.51. The van der Waals surface area contributed by atoms with Gasteiger partial charge in [-0.3, -0.25) is 0 Å². The SMILES string of the molecule is Cc1ccc(S(=O)(=O)NCCc2ccc(O)c3ccccc23)cc1. The van der Waals surface area contributed by atoms with Crippen LogP contribution in [-0.2, 0) is 16.4 Å². The minimum atomic E-state index is -3.51. The van der Waals surface area contributed by atoms with Gasteiger partial charge in [-0.25, -0.2) is 13.1 Å². The Balaban J connectivity index is 1.75. The van der Waals surface area contributed by atoms with Crippen LogP contribution in [0.5, 0.6) is 5.75 Å². The molecule has 3 aromatic rings. The van der Waals surface area contributed by atoms with E-state index >= 15 is 0 Å². The Hall–Kier alpha value is -2.37. The summed E-state index contributed by atoms with van der Waals surface area (Å²) in [4.78, 5) is 0.267. The number of phenolic OH excluding ortho intramolecular Hbond substituents is 1. The smallest absolute Gasteiger partial charge is 0.240 e. The summed E-state index contributed by atoms with van der Waals surface area (Å²) in [6.07, 6.45) is 0.548.